The molecule has 1 aliphatic rings. The Kier molecular flexibility index (Phi) is 1.39. The van der Waals surface area contributed by atoms with Gasteiger partial charge < -0.3 is 10.3 Å². The van der Waals surface area contributed by atoms with Crippen LogP contribution in [0.15, 0.2) is 24.5 Å². The number of aryl methyl sites for hydroxylation is 1. The minimum Gasteiger partial charge on any atom is -0.398 e. The van der Waals surface area contributed by atoms with E-state index in [1.165, 1.54) is 5.56 Å². The predicted octanol–water partition coefficient (Wildman–Crippen LogP) is 1.08. The fraction of sp³-hybridized carbons (Fsp3) is 0.200. The van der Waals surface area contributed by atoms with Crippen LogP contribution in [0.2, 0.25) is 0 Å². The number of hydrogen-bond acceptors (Lipinski definition) is 3. The number of rotatable bonds is 0. The third-order valence-electron chi connectivity index (χ3n) is 2.67. The number of nitrogens with zero attached hydrogens (tertiary/aromatic N) is 3. The molecule has 14 heavy (non-hydrogen) atoms. The molecule has 0 amide bonds. The quantitative estimate of drug-likeness (QED) is 0.626. The van der Waals surface area contributed by atoms with Gasteiger partial charge in [-0.15, -0.1) is 10.2 Å². The minimum atomic E-state index is 0.858. The first-order valence-electron chi connectivity index (χ1n) is 4.62. The molecule has 0 fully saturated rings. The van der Waals surface area contributed by atoms with Crippen LogP contribution in [0.25, 0.3) is 11.4 Å². The van der Waals surface area contributed by atoms with E-state index in [9.17, 15) is 0 Å². The maximum absolute atomic E-state index is 5.91. The molecular formula is C10H10N4. The zero-order valence-electron chi connectivity index (χ0n) is 7.64. The zero-order chi connectivity index (χ0) is 9.54. The van der Waals surface area contributed by atoms with Crippen LogP contribution in [0.5, 0.6) is 0 Å². The minimum absolute atomic E-state index is 0.858. The predicted molar refractivity (Wildman–Crippen MR) is 53.6 cm³/mol. The van der Waals surface area contributed by atoms with Crippen LogP contribution >= 0.6 is 0 Å². The summed E-state index contributed by atoms with van der Waals surface area (Å²) in [4.78, 5) is 0. The van der Waals surface area contributed by atoms with Gasteiger partial charge in [0.1, 0.15) is 6.33 Å². The summed E-state index contributed by atoms with van der Waals surface area (Å²) in [6, 6.07) is 5.94. The molecule has 1 aliphatic heterocycles. The van der Waals surface area contributed by atoms with Crippen molar-refractivity contribution in [3.05, 3.63) is 30.1 Å². The van der Waals surface area contributed by atoms with E-state index < -0.39 is 0 Å². The summed E-state index contributed by atoms with van der Waals surface area (Å²) in [6.07, 6.45) is 2.73. The topological polar surface area (TPSA) is 56.7 Å². The van der Waals surface area contributed by atoms with Crippen LogP contribution < -0.4 is 5.73 Å². The number of aromatic nitrogens is 3. The molecule has 0 saturated carbocycles. The van der Waals surface area contributed by atoms with E-state index in [2.05, 4.69) is 14.8 Å². The summed E-state index contributed by atoms with van der Waals surface area (Å²) >= 11 is 0. The molecule has 0 bridgehead atoms. The van der Waals surface area contributed by atoms with E-state index in [1.54, 1.807) is 6.33 Å². The van der Waals surface area contributed by atoms with Crippen LogP contribution in [-0.2, 0) is 13.0 Å². The van der Waals surface area contributed by atoms with Crippen LogP contribution in [0, 0.1) is 0 Å². The monoisotopic (exact) mass is 186 g/mol. The first-order valence-corrected chi connectivity index (χ1v) is 4.62. The Labute approximate surface area is 81.4 Å². The molecule has 0 spiro atoms. The van der Waals surface area contributed by atoms with E-state index in [4.69, 9.17) is 5.73 Å². The fourth-order valence-corrected chi connectivity index (χ4v) is 1.95. The van der Waals surface area contributed by atoms with E-state index in [-0.39, 0.29) is 0 Å². The number of benzene rings is 1. The van der Waals surface area contributed by atoms with Crippen molar-refractivity contribution in [1.82, 2.24) is 14.8 Å². The largest absolute Gasteiger partial charge is 0.398 e. The van der Waals surface area contributed by atoms with Crippen molar-refractivity contribution in [2.75, 3.05) is 5.73 Å². The van der Waals surface area contributed by atoms with Gasteiger partial charge in [-0.2, -0.15) is 0 Å². The van der Waals surface area contributed by atoms with Gasteiger partial charge in [0.05, 0.1) is 0 Å². The molecule has 1 aromatic carbocycles. The first-order chi connectivity index (χ1) is 6.86. The number of hydrogen-bond donors (Lipinski definition) is 1. The van der Waals surface area contributed by atoms with E-state index in [1.807, 2.05) is 18.2 Å². The van der Waals surface area contributed by atoms with Gasteiger partial charge >= 0.3 is 0 Å². The molecule has 0 atom stereocenters. The fourth-order valence-electron chi connectivity index (χ4n) is 1.95. The third-order valence-corrected chi connectivity index (χ3v) is 2.67. The van der Waals surface area contributed by atoms with Crippen molar-refractivity contribution >= 4 is 5.69 Å². The molecular weight excluding hydrogens is 176 g/mol. The van der Waals surface area contributed by atoms with Gasteiger partial charge in [-0.3, -0.25) is 0 Å². The van der Waals surface area contributed by atoms with Crippen LogP contribution in [0.4, 0.5) is 5.69 Å². The van der Waals surface area contributed by atoms with Crippen molar-refractivity contribution in [3.8, 4) is 11.4 Å². The van der Waals surface area contributed by atoms with E-state index in [0.717, 1.165) is 30.0 Å². The van der Waals surface area contributed by atoms with Crippen molar-refractivity contribution < 1.29 is 0 Å². The van der Waals surface area contributed by atoms with Gasteiger partial charge in [0.25, 0.3) is 0 Å². The third kappa shape index (κ3) is 0.878. The molecule has 1 aromatic heterocycles. The average molecular weight is 186 g/mol. The van der Waals surface area contributed by atoms with Crippen molar-refractivity contribution in [3.63, 3.8) is 0 Å². The molecule has 3 rings (SSSR count). The SMILES string of the molecule is Nc1cccc2c1CCn1cnnc1-2. The lowest BCUT2D eigenvalue weighted by Gasteiger charge is -2.18. The number of fused-ring (bicyclic) bond motifs is 3. The molecule has 2 N–H and O–H groups in total. The van der Waals surface area contributed by atoms with Crippen molar-refractivity contribution in [1.29, 1.82) is 0 Å². The molecule has 70 valence electrons. The Morgan fingerprint density at radius 2 is 2.29 bits per heavy atom. The van der Waals surface area contributed by atoms with E-state index >= 15 is 0 Å². The summed E-state index contributed by atoms with van der Waals surface area (Å²) < 4.78 is 2.06. The second-order valence-corrected chi connectivity index (χ2v) is 3.47. The Bertz CT molecular complexity index is 487. The first kappa shape index (κ1) is 7.55. The second kappa shape index (κ2) is 2.57. The van der Waals surface area contributed by atoms with Gasteiger partial charge in [-0.25, -0.2) is 0 Å². The van der Waals surface area contributed by atoms with Crippen LogP contribution in [0.1, 0.15) is 5.56 Å². The highest BCUT2D eigenvalue weighted by Crippen LogP contribution is 2.30. The number of nitrogen functional groups attached to an aromatic ring is 1. The summed E-state index contributed by atoms with van der Waals surface area (Å²) in [7, 11) is 0. The van der Waals surface area contributed by atoms with Crippen molar-refractivity contribution in [2.24, 2.45) is 0 Å². The Morgan fingerprint density at radius 1 is 1.36 bits per heavy atom. The Balaban J connectivity index is 2.31. The molecule has 2 aromatic rings. The van der Waals surface area contributed by atoms with E-state index in [0.29, 0.717) is 0 Å². The molecule has 2 heterocycles. The molecule has 0 unspecified atom stereocenters. The molecule has 0 radical (unpaired) electrons. The van der Waals surface area contributed by atoms with Crippen LogP contribution in [-0.4, -0.2) is 14.8 Å². The summed E-state index contributed by atoms with van der Waals surface area (Å²) in [5.74, 6) is 0.929. The standard InChI is InChI=1S/C10H10N4/c11-9-3-1-2-8-7(9)4-5-14-6-12-13-10(8)14/h1-3,6H,4-5,11H2. The van der Waals surface area contributed by atoms with Gasteiger partial charge in [0.15, 0.2) is 5.82 Å². The van der Waals surface area contributed by atoms with Gasteiger partial charge in [0.2, 0.25) is 0 Å². The second-order valence-electron chi connectivity index (χ2n) is 3.47. The van der Waals surface area contributed by atoms with Gasteiger partial charge in [-0.1, -0.05) is 12.1 Å². The Hall–Kier alpha value is -1.84. The number of nitrogens with two attached hydrogens (primary N) is 1. The molecule has 0 aliphatic carbocycles. The molecule has 4 nitrogen and oxygen atoms in total. The highest BCUT2D eigenvalue weighted by molar-refractivity contribution is 5.69. The lowest BCUT2D eigenvalue weighted by Crippen LogP contribution is -2.12. The summed E-state index contributed by atoms with van der Waals surface area (Å²) in [6.45, 7) is 0.920. The van der Waals surface area contributed by atoms with Gasteiger partial charge in [0, 0.05) is 17.8 Å². The van der Waals surface area contributed by atoms with Gasteiger partial charge in [-0.05, 0) is 18.1 Å². The van der Waals surface area contributed by atoms with Crippen molar-refractivity contribution in [2.45, 2.75) is 13.0 Å². The smallest absolute Gasteiger partial charge is 0.164 e. The maximum atomic E-state index is 5.91. The highest BCUT2D eigenvalue weighted by atomic mass is 15.3. The normalized spacial score (nSPS) is 13.4. The average Bonchev–Trinajstić information content (AvgIpc) is 2.66. The lowest BCUT2D eigenvalue weighted by molar-refractivity contribution is 0.683. The summed E-state index contributed by atoms with van der Waals surface area (Å²) in [5, 5.41) is 8.00. The van der Waals surface area contributed by atoms with Crippen LogP contribution in [0.3, 0.4) is 0 Å². The number of anilines is 1. The summed E-state index contributed by atoms with van der Waals surface area (Å²) in [5.41, 5.74) is 9.09. The zero-order valence-corrected chi connectivity index (χ0v) is 7.64. The molecule has 4 heteroatoms. The lowest BCUT2D eigenvalue weighted by atomic mass is 9.99. The highest BCUT2D eigenvalue weighted by Gasteiger charge is 2.18. The molecule has 0 saturated heterocycles. The maximum Gasteiger partial charge on any atom is 0.164 e. The Morgan fingerprint density at radius 3 is 3.21 bits per heavy atom.